The molecule has 0 amide bonds. The Morgan fingerprint density at radius 1 is 1.35 bits per heavy atom. The molecular formula is C16H17F3N2O2. The molecule has 0 radical (unpaired) electrons. The van der Waals surface area contributed by atoms with Crippen LogP contribution in [0.1, 0.15) is 20.8 Å². The zero-order valence-electron chi connectivity index (χ0n) is 13.0. The molecule has 1 aliphatic carbocycles. The van der Waals surface area contributed by atoms with Crippen molar-refractivity contribution in [3.63, 3.8) is 0 Å². The summed E-state index contributed by atoms with van der Waals surface area (Å²) in [4.78, 5) is 8.63. The van der Waals surface area contributed by atoms with E-state index in [9.17, 15) is 13.2 Å². The molecule has 124 valence electrons. The molecule has 0 fully saturated rings. The number of alkyl halides is 3. The molecule has 4 nitrogen and oxygen atoms in total. The first-order valence-electron chi connectivity index (χ1n) is 7.38. The van der Waals surface area contributed by atoms with Crippen molar-refractivity contribution in [2.24, 2.45) is 9.98 Å². The topological polar surface area (TPSA) is 43.2 Å². The van der Waals surface area contributed by atoms with Crippen molar-refractivity contribution < 1.29 is 22.6 Å². The maximum atomic E-state index is 13.2. The van der Waals surface area contributed by atoms with Gasteiger partial charge in [-0.1, -0.05) is 0 Å². The Kier molecular flexibility index (Phi) is 3.71. The SMILES string of the molecule is CC1COC23N=CC=C(OC(C)C)C2=CC(C(F)(F)F)=CC3=N1. The fraction of sp³-hybridized carbons (Fsp3) is 0.500. The fourth-order valence-corrected chi connectivity index (χ4v) is 2.70. The van der Waals surface area contributed by atoms with Crippen LogP contribution in [0.25, 0.3) is 0 Å². The molecule has 1 spiro atoms. The van der Waals surface area contributed by atoms with Crippen molar-refractivity contribution in [1.29, 1.82) is 0 Å². The van der Waals surface area contributed by atoms with Gasteiger partial charge in [-0.2, -0.15) is 13.2 Å². The first-order valence-corrected chi connectivity index (χ1v) is 7.38. The lowest BCUT2D eigenvalue weighted by Gasteiger charge is -2.41. The third kappa shape index (κ3) is 2.73. The van der Waals surface area contributed by atoms with Crippen molar-refractivity contribution in [2.75, 3.05) is 6.61 Å². The second kappa shape index (κ2) is 5.33. The summed E-state index contributed by atoms with van der Waals surface area (Å²) in [5, 5.41) is 0. The molecule has 2 aliphatic heterocycles. The zero-order chi connectivity index (χ0) is 16.8. The lowest BCUT2D eigenvalue weighted by molar-refractivity contribution is -0.0888. The third-order valence-electron chi connectivity index (χ3n) is 3.63. The first kappa shape index (κ1) is 16.0. The molecule has 0 aromatic carbocycles. The maximum Gasteiger partial charge on any atom is 0.416 e. The van der Waals surface area contributed by atoms with Crippen LogP contribution in [0.5, 0.6) is 0 Å². The lowest BCUT2D eigenvalue weighted by atomic mass is 9.85. The largest absolute Gasteiger partial charge is 0.490 e. The average Bonchev–Trinajstić information content (AvgIpc) is 2.44. The van der Waals surface area contributed by atoms with Crippen molar-refractivity contribution in [1.82, 2.24) is 0 Å². The molecule has 3 rings (SSSR count). The molecule has 3 aliphatic rings. The molecule has 0 aromatic rings. The van der Waals surface area contributed by atoms with Crippen molar-refractivity contribution in [2.45, 2.75) is 44.8 Å². The van der Waals surface area contributed by atoms with Crippen molar-refractivity contribution >= 4 is 11.9 Å². The van der Waals surface area contributed by atoms with Gasteiger partial charge in [-0.3, -0.25) is 4.99 Å². The highest BCUT2D eigenvalue weighted by Gasteiger charge is 2.50. The number of hydrogen-bond acceptors (Lipinski definition) is 4. The molecule has 0 aromatic heterocycles. The monoisotopic (exact) mass is 326 g/mol. The van der Waals surface area contributed by atoms with Gasteiger partial charge < -0.3 is 9.47 Å². The van der Waals surface area contributed by atoms with E-state index in [-0.39, 0.29) is 30.0 Å². The van der Waals surface area contributed by atoms with Crippen LogP contribution in [0.15, 0.2) is 45.1 Å². The Balaban J connectivity index is 2.15. The second-order valence-electron chi connectivity index (χ2n) is 5.95. The van der Waals surface area contributed by atoms with Gasteiger partial charge in [0.1, 0.15) is 5.76 Å². The molecule has 7 heteroatoms. The van der Waals surface area contributed by atoms with Crippen LogP contribution in [0.3, 0.4) is 0 Å². The minimum atomic E-state index is -4.48. The molecule has 0 bridgehead atoms. The van der Waals surface area contributed by atoms with Crippen LogP contribution in [-0.2, 0) is 9.47 Å². The molecule has 0 N–H and O–H groups in total. The van der Waals surface area contributed by atoms with Crippen LogP contribution >= 0.6 is 0 Å². The second-order valence-corrected chi connectivity index (χ2v) is 5.95. The molecule has 0 saturated heterocycles. The van der Waals surface area contributed by atoms with Gasteiger partial charge in [0.2, 0.25) is 5.72 Å². The van der Waals surface area contributed by atoms with Gasteiger partial charge in [0.15, 0.2) is 0 Å². The number of ether oxygens (including phenoxy) is 2. The number of rotatable bonds is 2. The van der Waals surface area contributed by atoms with E-state index in [2.05, 4.69) is 9.98 Å². The molecule has 23 heavy (non-hydrogen) atoms. The Labute approximate surface area is 132 Å². The Hall–Kier alpha value is -1.89. The van der Waals surface area contributed by atoms with Gasteiger partial charge in [-0.15, -0.1) is 0 Å². The first-order chi connectivity index (χ1) is 10.7. The normalized spacial score (nSPS) is 30.0. The Bertz CT molecular complexity index is 671. The summed E-state index contributed by atoms with van der Waals surface area (Å²) < 4.78 is 51.2. The number of nitrogens with zero attached hydrogens (tertiary/aromatic N) is 2. The van der Waals surface area contributed by atoms with Gasteiger partial charge in [-0.05, 0) is 39.0 Å². The molecule has 2 atom stereocenters. The summed E-state index contributed by atoms with van der Waals surface area (Å²) >= 11 is 0. The van der Waals surface area contributed by atoms with Gasteiger partial charge in [0.05, 0.1) is 35.6 Å². The van der Waals surface area contributed by atoms with E-state index < -0.39 is 17.5 Å². The Morgan fingerprint density at radius 2 is 2.09 bits per heavy atom. The predicted octanol–water partition coefficient (Wildman–Crippen LogP) is 3.36. The van der Waals surface area contributed by atoms with E-state index in [1.807, 2.05) is 13.8 Å². The quantitative estimate of drug-likeness (QED) is 0.781. The van der Waals surface area contributed by atoms with E-state index in [1.54, 1.807) is 13.0 Å². The summed E-state index contributed by atoms with van der Waals surface area (Å²) in [5.41, 5.74) is -1.71. The highest BCUT2D eigenvalue weighted by molar-refractivity contribution is 6.09. The predicted molar refractivity (Wildman–Crippen MR) is 80.6 cm³/mol. The number of allylic oxidation sites excluding steroid dienone is 3. The third-order valence-corrected chi connectivity index (χ3v) is 3.63. The minimum Gasteiger partial charge on any atom is -0.490 e. The summed E-state index contributed by atoms with van der Waals surface area (Å²) in [5.74, 6) is 0.326. The zero-order valence-corrected chi connectivity index (χ0v) is 13.0. The maximum absolute atomic E-state index is 13.2. The number of aliphatic imine (C=N–C) groups is 2. The molecular weight excluding hydrogens is 309 g/mol. The van der Waals surface area contributed by atoms with E-state index in [1.165, 1.54) is 6.21 Å². The fourth-order valence-electron chi connectivity index (χ4n) is 2.70. The van der Waals surface area contributed by atoms with E-state index in [0.717, 1.165) is 12.2 Å². The van der Waals surface area contributed by atoms with Gasteiger partial charge in [0.25, 0.3) is 0 Å². The van der Waals surface area contributed by atoms with Crippen molar-refractivity contribution in [3.8, 4) is 0 Å². The van der Waals surface area contributed by atoms with E-state index >= 15 is 0 Å². The van der Waals surface area contributed by atoms with Gasteiger partial charge in [-0.25, -0.2) is 4.99 Å². The average molecular weight is 326 g/mol. The van der Waals surface area contributed by atoms with E-state index in [4.69, 9.17) is 9.47 Å². The minimum absolute atomic E-state index is 0.162. The Morgan fingerprint density at radius 3 is 2.74 bits per heavy atom. The molecule has 2 unspecified atom stereocenters. The summed E-state index contributed by atoms with van der Waals surface area (Å²) in [6, 6.07) is -0.226. The summed E-state index contributed by atoms with van der Waals surface area (Å²) in [7, 11) is 0. The van der Waals surface area contributed by atoms with Crippen LogP contribution in [0.2, 0.25) is 0 Å². The lowest BCUT2D eigenvalue weighted by Crippen LogP contribution is -2.50. The highest BCUT2D eigenvalue weighted by atomic mass is 19.4. The van der Waals surface area contributed by atoms with Crippen LogP contribution < -0.4 is 0 Å². The smallest absolute Gasteiger partial charge is 0.416 e. The summed E-state index contributed by atoms with van der Waals surface area (Å²) in [6.45, 7) is 5.68. The highest BCUT2D eigenvalue weighted by Crippen LogP contribution is 2.43. The van der Waals surface area contributed by atoms with Crippen LogP contribution in [0.4, 0.5) is 13.2 Å². The van der Waals surface area contributed by atoms with Gasteiger partial charge in [0, 0.05) is 6.21 Å². The molecule has 2 heterocycles. The number of dihydropyridines is 1. The van der Waals surface area contributed by atoms with Crippen LogP contribution in [-0.4, -0.2) is 42.6 Å². The van der Waals surface area contributed by atoms with Crippen molar-refractivity contribution in [3.05, 3.63) is 35.1 Å². The molecule has 0 saturated carbocycles. The number of hydrogen-bond donors (Lipinski definition) is 0. The van der Waals surface area contributed by atoms with Crippen LogP contribution in [0, 0.1) is 0 Å². The summed E-state index contributed by atoms with van der Waals surface area (Å²) in [6.07, 6.45) is 0.428. The van der Waals surface area contributed by atoms with Gasteiger partial charge >= 0.3 is 6.18 Å². The number of halogens is 3. The standard InChI is InChI=1S/C16H17F3N2O2/c1-9(2)23-13-4-5-20-15-12(13)6-11(16(17,18)19)7-14(15)21-10(3)8-22-15/h4-7,9-10H,8H2,1-3H3. The van der Waals surface area contributed by atoms with E-state index in [0.29, 0.717) is 5.76 Å².